The van der Waals surface area contributed by atoms with Gasteiger partial charge in [-0.3, -0.25) is 4.79 Å². The fraction of sp³-hybridized carbons (Fsp3) is 0.917. The summed E-state index contributed by atoms with van der Waals surface area (Å²) in [6, 6.07) is 0. The number of Topliss-reactive ketones (excluding diaryl/α,β-unsaturated/α-hetero) is 1. The van der Waals surface area contributed by atoms with Gasteiger partial charge in [0.15, 0.2) is 0 Å². The number of hydrogen-bond acceptors (Lipinski definition) is 1. The lowest BCUT2D eigenvalue weighted by Crippen LogP contribution is -2.44. The Balaban J connectivity index is 1.96. The molecule has 0 aromatic heterocycles. The number of rotatable bonds is 1. The SMILES string of the molecule is CC(=O)[C@@H]1C2CCC(CC2)C12CC2. The van der Waals surface area contributed by atoms with Gasteiger partial charge in [-0.1, -0.05) is 0 Å². The maximum absolute atomic E-state index is 11.6. The van der Waals surface area contributed by atoms with Gasteiger partial charge in [0.25, 0.3) is 0 Å². The topological polar surface area (TPSA) is 17.1 Å². The molecule has 4 aliphatic carbocycles. The van der Waals surface area contributed by atoms with Gasteiger partial charge in [-0.15, -0.1) is 0 Å². The van der Waals surface area contributed by atoms with Crippen molar-refractivity contribution in [2.75, 3.05) is 0 Å². The molecule has 4 aliphatic rings. The second-order valence-electron chi connectivity index (χ2n) is 5.43. The van der Waals surface area contributed by atoms with Crippen LogP contribution in [0.2, 0.25) is 0 Å². The molecular weight excluding hydrogens is 160 g/mol. The van der Waals surface area contributed by atoms with E-state index in [2.05, 4.69) is 0 Å². The molecule has 0 saturated heterocycles. The van der Waals surface area contributed by atoms with Gasteiger partial charge in [0.05, 0.1) is 0 Å². The van der Waals surface area contributed by atoms with Gasteiger partial charge in [-0.25, -0.2) is 0 Å². The van der Waals surface area contributed by atoms with Crippen LogP contribution in [0.3, 0.4) is 0 Å². The van der Waals surface area contributed by atoms with Crippen molar-refractivity contribution in [3.63, 3.8) is 0 Å². The molecule has 1 heteroatoms. The zero-order chi connectivity index (χ0) is 9.05. The molecule has 4 rings (SSSR count). The number of ketones is 1. The van der Waals surface area contributed by atoms with E-state index >= 15 is 0 Å². The summed E-state index contributed by atoms with van der Waals surface area (Å²) in [5.74, 6) is 2.66. The molecule has 0 N–H and O–H groups in total. The standard InChI is InChI=1S/C12H18O/c1-8(13)11-9-2-4-10(5-3-9)12(11)6-7-12/h9-11H,2-7H2,1H3/t9?,10?,11-/m1/s1. The molecule has 4 saturated carbocycles. The first-order valence-corrected chi connectivity index (χ1v) is 5.74. The number of fused-ring (bicyclic) bond motifs is 2. The first kappa shape index (κ1) is 8.02. The average molecular weight is 178 g/mol. The minimum absolute atomic E-state index is 0.472. The zero-order valence-electron chi connectivity index (χ0n) is 8.38. The second kappa shape index (κ2) is 2.37. The van der Waals surface area contributed by atoms with E-state index in [1.807, 2.05) is 6.92 Å². The lowest BCUT2D eigenvalue weighted by Gasteiger charge is -2.48. The summed E-state index contributed by atoms with van der Waals surface area (Å²) in [6.45, 7) is 1.82. The molecule has 0 aliphatic heterocycles. The Morgan fingerprint density at radius 1 is 1.15 bits per heavy atom. The van der Waals surface area contributed by atoms with E-state index in [0.717, 1.165) is 11.8 Å². The summed E-state index contributed by atoms with van der Waals surface area (Å²) in [5.41, 5.74) is 0.535. The second-order valence-corrected chi connectivity index (χ2v) is 5.43. The van der Waals surface area contributed by atoms with Crippen molar-refractivity contribution < 1.29 is 4.79 Å². The van der Waals surface area contributed by atoms with Crippen molar-refractivity contribution in [2.45, 2.75) is 45.4 Å². The number of carbonyl (C=O) groups excluding carboxylic acids is 1. The molecule has 0 radical (unpaired) electrons. The van der Waals surface area contributed by atoms with Gasteiger partial charge in [-0.2, -0.15) is 0 Å². The van der Waals surface area contributed by atoms with Gasteiger partial charge in [-0.05, 0) is 62.7 Å². The molecular formula is C12H18O. The first-order chi connectivity index (χ1) is 6.24. The van der Waals surface area contributed by atoms with Gasteiger partial charge < -0.3 is 0 Å². The summed E-state index contributed by atoms with van der Waals surface area (Å²) < 4.78 is 0. The molecule has 4 fully saturated rings. The largest absolute Gasteiger partial charge is 0.300 e. The molecule has 72 valence electrons. The summed E-state index contributed by atoms with van der Waals surface area (Å²) in [5, 5.41) is 0. The minimum Gasteiger partial charge on any atom is -0.300 e. The molecule has 0 aromatic carbocycles. The average Bonchev–Trinajstić information content (AvgIpc) is 2.87. The summed E-state index contributed by atoms with van der Waals surface area (Å²) >= 11 is 0. The summed E-state index contributed by atoms with van der Waals surface area (Å²) in [4.78, 5) is 11.6. The third-order valence-electron chi connectivity index (χ3n) is 4.94. The summed E-state index contributed by atoms with van der Waals surface area (Å²) in [6.07, 6.45) is 8.26. The van der Waals surface area contributed by atoms with E-state index in [0.29, 0.717) is 17.1 Å². The van der Waals surface area contributed by atoms with Gasteiger partial charge in [0.1, 0.15) is 5.78 Å². The van der Waals surface area contributed by atoms with Gasteiger partial charge >= 0.3 is 0 Å². The van der Waals surface area contributed by atoms with Gasteiger partial charge in [0, 0.05) is 5.92 Å². The molecule has 13 heavy (non-hydrogen) atoms. The van der Waals surface area contributed by atoms with Crippen LogP contribution in [0.15, 0.2) is 0 Å². The molecule has 1 atom stereocenters. The molecule has 1 nitrogen and oxygen atoms in total. The zero-order valence-corrected chi connectivity index (χ0v) is 8.38. The van der Waals surface area contributed by atoms with Crippen LogP contribution in [0.4, 0.5) is 0 Å². The Morgan fingerprint density at radius 3 is 2.15 bits per heavy atom. The molecule has 0 unspecified atom stereocenters. The van der Waals surface area contributed by atoms with Crippen molar-refractivity contribution in [3.05, 3.63) is 0 Å². The van der Waals surface area contributed by atoms with E-state index in [1.54, 1.807) is 0 Å². The van der Waals surface area contributed by atoms with E-state index in [9.17, 15) is 4.79 Å². The van der Waals surface area contributed by atoms with E-state index < -0.39 is 0 Å². The number of hydrogen-bond donors (Lipinski definition) is 0. The Kier molecular flexibility index (Phi) is 1.46. The predicted molar refractivity (Wildman–Crippen MR) is 51.3 cm³/mol. The molecule has 0 aromatic rings. The Labute approximate surface area is 79.9 Å². The van der Waals surface area contributed by atoms with Crippen LogP contribution in [0.25, 0.3) is 0 Å². The lowest BCUT2D eigenvalue weighted by molar-refractivity contribution is -0.131. The van der Waals surface area contributed by atoms with E-state index in [1.165, 1.54) is 38.5 Å². The Hall–Kier alpha value is -0.330. The maximum atomic E-state index is 11.6. The van der Waals surface area contributed by atoms with Crippen LogP contribution in [0.5, 0.6) is 0 Å². The molecule has 2 bridgehead atoms. The third kappa shape index (κ3) is 0.908. The summed E-state index contributed by atoms with van der Waals surface area (Å²) in [7, 11) is 0. The smallest absolute Gasteiger partial charge is 0.133 e. The van der Waals surface area contributed by atoms with Crippen LogP contribution < -0.4 is 0 Å². The van der Waals surface area contributed by atoms with Crippen molar-refractivity contribution in [2.24, 2.45) is 23.2 Å². The molecule has 0 amide bonds. The van der Waals surface area contributed by atoms with Crippen LogP contribution in [0.1, 0.15) is 45.4 Å². The van der Waals surface area contributed by atoms with E-state index in [-0.39, 0.29) is 0 Å². The predicted octanol–water partition coefficient (Wildman–Crippen LogP) is 2.79. The Bertz CT molecular complexity index is 244. The van der Waals surface area contributed by atoms with Crippen molar-refractivity contribution in [3.8, 4) is 0 Å². The third-order valence-corrected chi connectivity index (χ3v) is 4.94. The normalized spacial score (nSPS) is 45.2. The Morgan fingerprint density at radius 2 is 1.77 bits per heavy atom. The number of carbonyl (C=O) groups is 1. The van der Waals surface area contributed by atoms with Crippen LogP contribution in [0, 0.1) is 23.2 Å². The molecule has 1 spiro atoms. The van der Waals surface area contributed by atoms with Crippen LogP contribution >= 0.6 is 0 Å². The monoisotopic (exact) mass is 178 g/mol. The highest BCUT2D eigenvalue weighted by Crippen LogP contribution is 2.68. The van der Waals surface area contributed by atoms with Crippen molar-refractivity contribution in [1.29, 1.82) is 0 Å². The van der Waals surface area contributed by atoms with Crippen molar-refractivity contribution in [1.82, 2.24) is 0 Å². The highest BCUT2D eigenvalue weighted by molar-refractivity contribution is 5.80. The highest BCUT2D eigenvalue weighted by atomic mass is 16.1. The lowest BCUT2D eigenvalue weighted by atomic mass is 9.55. The van der Waals surface area contributed by atoms with Crippen molar-refractivity contribution >= 4 is 5.78 Å². The van der Waals surface area contributed by atoms with Crippen LogP contribution in [-0.2, 0) is 4.79 Å². The first-order valence-electron chi connectivity index (χ1n) is 5.74. The van der Waals surface area contributed by atoms with E-state index in [4.69, 9.17) is 0 Å². The highest BCUT2D eigenvalue weighted by Gasteiger charge is 2.62. The minimum atomic E-state index is 0.472. The maximum Gasteiger partial charge on any atom is 0.133 e. The quantitative estimate of drug-likeness (QED) is 0.603. The van der Waals surface area contributed by atoms with Crippen LogP contribution in [-0.4, -0.2) is 5.78 Å². The molecule has 0 heterocycles. The fourth-order valence-corrected chi connectivity index (χ4v) is 4.35. The fourth-order valence-electron chi connectivity index (χ4n) is 4.35. The van der Waals surface area contributed by atoms with Gasteiger partial charge in [0.2, 0.25) is 0 Å².